The highest BCUT2D eigenvalue weighted by atomic mass is 35.5. The van der Waals surface area contributed by atoms with Gasteiger partial charge in [0.2, 0.25) is 0 Å². The van der Waals surface area contributed by atoms with Crippen LogP contribution in [-0.2, 0) is 30.8 Å². The second kappa shape index (κ2) is 9.84. The molecule has 2 aromatic rings. The SMILES string of the molecule is O=C(NOC1CCCCO1)C1CCc2cc(NS(=O)(=O)c3cc(Cl)cc(Cl)c3)ccc2O1. The molecule has 2 heterocycles. The van der Waals surface area contributed by atoms with Crippen molar-refractivity contribution in [3.05, 3.63) is 52.0 Å². The lowest BCUT2D eigenvalue weighted by Gasteiger charge is -2.27. The van der Waals surface area contributed by atoms with Crippen molar-refractivity contribution in [1.29, 1.82) is 0 Å². The maximum atomic E-state index is 12.7. The summed E-state index contributed by atoms with van der Waals surface area (Å²) in [5.74, 6) is 0.131. The predicted octanol–water partition coefficient (Wildman–Crippen LogP) is 4.06. The zero-order valence-electron chi connectivity index (χ0n) is 17.0. The van der Waals surface area contributed by atoms with Crippen LogP contribution >= 0.6 is 23.2 Å². The Morgan fingerprint density at radius 2 is 1.84 bits per heavy atom. The van der Waals surface area contributed by atoms with Crippen LogP contribution in [0.1, 0.15) is 31.2 Å². The van der Waals surface area contributed by atoms with Crippen molar-refractivity contribution in [3.63, 3.8) is 0 Å². The molecule has 0 spiro atoms. The summed E-state index contributed by atoms with van der Waals surface area (Å²) in [4.78, 5) is 17.7. The molecule has 1 saturated heterocycles. The molecule has 0 radical (unpaired) electrons. The molecule has 0 aliphatic carbocycles. The average Bonchev–Trinajstić information content (AvgIpc) is 2.77. The van der Waals surface area contributed by atoms with Gasteiger partial charge in [0.1, 0.15) is 5.75 Å². The molecule has 2 unspecified atom stereocenters. The smallest absolute Gasteiger partial charge is 0.284 e. The number of hydrogen-bond acceptors (Lipinski definition) is 6. The molecule has 2 aliphatic heterocycles. The van der Waals surface area contributed by atoms with Gasteiger partial charge < -0.3 is 9.47 Å². The van der Waals surface area contributed by atoms with E-state index in [-0.39, 0.29) is 20.8 Å². The number of rotatable bonds is 6. The number of benzene rings is 2. The molecular weight excluding hydrogens is 479 g/mol. The van der Waals surface area contributed by atoms with Gasteiger partial charge in [-0.05, 0) is 67.6 Å². The zero-order chi connectivity index (χ0) is 22.7. The van der Waals surface area contributed by atoms with Crippen molar-refractivity contribution in [2.45, 2.75) is 49.4 Å². The van der Waals surface area contributed by atoms with Crippen LogP contribution < -0.4 is 14.9 Å². The first-order chi connectivity index (χ1) is 15.3. The monoisotopic (exact) mass is 500 g/mol. The average molecular weight is 501 g/mol. The number of fused-ring (bicyclic) bond motifs is 1. The number of carbonyl (C=O) groups excluding carboxylic acids is 1. The molecule has 2 atom stereocenters. The number of hydroxylamine groups is 1. The number of amides is 1. The minimum Gasteiger partial charge on any atom is -0.480 e. The number of anilines is 1. The fraction of sp³-hybridized carbons (Fsp3) is 0.381. The van der Waals surface area contributed by atoms with E-state index in [1.807, 2.05) is 0 Å². The van der Waals surface area contributed by atoms with E-state index in [0.717, 1.165) is 24.8 Å². The molecule has 0 saturated carbocycles. The van der Waals surface area contributed by atoms with Crippen LogP contribution in [0.15, 0.2) is 41.3 Å². The van der Waals surface area contributed by atoms with Crippen molar-refractivity contribution < 1.29 is 27.5 Å². The van der Waals surface area contributed by atoms with E-state index in [1.54, 1.807) is 18.2 Å². The Hall–Kier alpha value is -2.04. The van der Waals surface area contributed by atoms with E-state index in [2.05, 4.69) is 10.2 Å². The summed E-state index contributed by atoms with van der Waals surface area (Å²) < 4.78 is 39.1. The van der Waals surface area contributed by atoms with Gasteiger partial charge in [0.25, 0.3) is 15.9 Å². The molecule has 1 amide bonds. The van der Waals surface area contributed by atoms with Crippen molar-refractivity contribution in [2.75, 3.05) is 11.3 Å². The second-order valence-electron chi connectivity index (χ2n) is 7.56. The third-order valence-electron chi connectivity index (χ3n) is 5.13. The van der Waals surface area contributed by atoms with Crippen molar-refractivity contribution in [3.8, 4) is 5.75 Å². The summed E-state index contributed by atoms with van der Waals surface area (Å²) in [6.45, 7) is 0.615. The maximum absolute atomic E-state index is 12.7. The molecule has 172 valence electrons. The van der Waals surface area contributed by atoms with Crippen molar-refractivity contribution in [2.24, 2.45) is 0 Å². The number of hydrogen-bond donors (Lipinski definition) is 2. The topological polar surface area (TPSA) is 103 Å². The van der Waals surface area contributed by atoms with E-state index >= 15 is 0 Å². The first-order valence-electron chi connectivity index (χ1n) is 10.2. The van der Waals surface area contributed by atoms with E-state index in [1.165, 1.54) is 18.2 Å². The summed E-state index contributed by atoms with van der Waals surface area (Å²) in [6, 6.07) is 8.97. The number of ether oxygens (including phenoxy) is 2. The highest BCUT2D eigenvalue weighted by Crippen LogP contribution is 2.31. The Morgan fingerprint density at radius 3 is 2.56 bits per heavy atom. The lowest BCUT2D eigenvalue weighted by atomic mass is 10.0. The van der Waals surface area contributed by atoms with Crippen molar-refractivity contribution >= 4 is 44.8 Å². The van der Waals surface area contributed by atoms with Gasteiger partial charge in [-0.2, -0.15) is 0 Å². The van der Waals surface area contributed by atoms with Gasteiger partial charge >= 0.3 is 0 Å². The summed E-state index contributed by atoms with van der Waals surface area (Å²) >= 11 is 11.8. The summed E-state index contributed by atoms with van der Waals surface area (Å²) in [5.41, 5.74) is 3.57. The van der Waals surface area contributed by atoms with Crippen LogP contribution in [0.3, 0.4) is 0 Å². The highest BCUT2D eigenvalue weighted by molar-refractivity contribution is 7.92. The quantitative estimate of drug-likeness (QED) is 0.579. The molecule has 8 nitrogen and oxygen atoms in total. The number of carbonyl (C=O) groups is 1. The van der Waals surface area contributed by atoms with E-state index in [9.17, 15) is 13.2 Å². The Balaban J connectivity index is 1.39. The van der Waals surface area contributed by atoms with E-state index < -0.39 is 22.4 Å². The van der Waals surface area contributed by atoms with Crippen LogP contribution in [0.4, 0.5) is 5.69 Å². The lowest BCUT2D eigenvalue weighted by molar-refractivity contribution is -0.203. The summed E-state index contributed by atoms with van der Waals surface area (Å²) in [6.07, 6.45) is 2.52. The number of nitrogens with one attached hydrogen (secondary N) is 2. The first-order valence-corrected chi connectivity index (χ1v) is 12.4. The molecule has 32 heavy (non-hydrogen) atoms. The zero-order valence-corrected chi connectivity index (χ0v) is 19.3. The molecule has 4 rings (SSSR count). The maximum Gasteiger partial charge on any atom is 0.284 e. The van der Waals surface area contributed by atoms with Crippen LogP contribution in [0.25, 0.3) is 0 Å². The Kier molecular flexibility index (Phi) is 7.11. The van der Waals surface area contributed by atoms with Gasteiger partial charge in [-0.1, -0.05) is 23.2 Å². The molecule has 1 fully saturated rings. The fourth-order valence-corrected chi connectivity index (χ4v) is 5.30. The van der Waals surface area contributed by atoms with Crippen LogP contribution in [-0.4, -0.2) is 33.3 Å². The van der Waals surface area contributed by atoms with Gasteiger partial charge in [0.15, 0.2) is 12.4 Å². The minimum absolute atomic E-state index is 0.0392. The minimum atomic E-state index is -3.88. The molecule has 2 N–H and O–H groups in total. The largest absolute Gasteiger partial charge is 0.480 e. The molecule has 2 aliphatic rings. The van der Waals surface area contributed by atoms with E-state index in [4.69, 9.17) is 37.5 Å². The van der Waals surface area contributed by atoms with Crippen LogP contribution in [0, 0.1) is 0 Å². The Bertz CT molecular complexity index is 1090. The number of aryl methyl sites for hydroxylation is 1. The normalized spacial score (nSPS) is 20.7. The lowest BCUT2D eigenvalue weighted by Crippen LogP contribution is -2.42. The van der Waals surface area contributed by atoms with Crippen LogP contribution in [0.2, 0.25) is 10.0 Å². The molecule has 2 aromatic carbocycles. The van der Waals surface area contributed by atoms with Gasteiger partial charge in [0.05, 0.1) is 4.90 Å². The van der Waals surface area contributed by atoms with Gasteiger partial charge in [-0.15, -0.1) is 0 Å². The summed E-state index contributed by atoms with van der Waals surface area (Å²) in [5, 5.41) is 0.445. The Labute approximate surface area is 196 Å². The highest BCUT2D eigenvalue weighted by Gasteiger charge is 2.28. The second-order valence-corrected chi connectivity index (χ2v) is 10.1. The summed E-state index contributed by atoms with van der Waals surface area (Å²) in [7, 11) is -3.88. The fourth-order valence-electron chi connectivity index (χ4n) is 3.53. The van der Waals surface area contributed by atoms with Gasteiger partial charge in [-0.3, -0.25) is 9.52 Å². The third-order valence-corrected chi connectivity index (χ3v) is 6.92. The molecule has 11 heteroatoms. The van der Waals surface area contributed by atoms with Crippen molar-refractivity contribution in [1.82, 2.24) is 5.48 Å². The number of halogens is 2. The molecule has 0 aromatic heterocycles. The standard InChI is InChI=1S/C21H22Cl2N2O6S/c22-14-10-15(23)12-17(11-14)32(27,28)25-16-5-7-18-13(9-16)4-6-19(30-18)21(26)24-31-20-3-1-2-8-29-20/h5,7,9-12,19-20,25H,1-4,6,8H2,(H,24,26). The van der Waals surface area contributed by atoms with Crippen LogP contribution in [0.5, 0.6) is 5.75 Å². The Morgan fingerprint density at radius 1 is 1.06 bits per heavy atom. The number of sulfonamides is 1. The third kappa shape index (κ3) is 5.65. The molecular formula is C21H22Cl2N2O6S. The molecule has 0 bridgehead atoms. The van der Waals surface area contributed by atoms with Gasteiger partial charge in [0, 0.05) is 28.8 Å². The first kappa shape index (κ1) is 23.1. The van der Waals surface area contributed by atoms with Gasteiger partial charge in [-0.25, -0.2) is 18.7 Å². The predicted molar refractivity (Wildman–Crippen MR) is 119 cm³/mol. The van der Waals surface area contributed by atoms with E-state index in [0.29, 0.717) is 30.9 Å².